The first-order valence-electron chi connectivity index (χ1n) is 4.84. The van der Waals surface area contributed by atoms with Gasteiger partial charge in [0.15, 0.2) is 5.69 Å². The van der Waals surface area contributed by atoms with Crippen LogP contribution in [0.3, 0.4) is 0 Å². The molecule has 0 atom stereocenters. The molecule has 0 aliphatic heterocycles. The van der Waals surface area contributed by atoms with Gasteiger partial charge in [0.1, 0.15) is 5.69 Å². The molecule has 76 valence electrons. The van der Waals surface area contributed by atoms with Crippen LogP contribution >= 0.6 is 0 Å². The van der Waals surface area contributed by atoms with Gasteiger partial charge in [-0.15, -0.1) is 0 Å². The number of aryl methyl sites for hydroxylation is 1. The molecule has 0 spiro atoms. The fourth-order valence-corrected chi connectivity index (χ4v) is 1.46. The van der Waals surface area contributed by atoms with Gasteiger partial charge in [0.05, 0.1) is 0 Å². The SMILES string of the molecule is Cc1nonc1C(=O)NCC1CCC1. The lowest BCUT2D eigenvalue weighted by Crippen LogP contribution is -2.32. The lowest BCUT2D eigenvalue weighted by molar-refractivity contribution is 0.0929. The summed E-state index contributed by atoms with van der Waals surface area (Å²) in [7, 11) is 0. The average Bonchev–Trinajstić information content (AvgIpc) is 2.48. The first-order valence-corrected chi connectivity index (χ1v) is 4.84. The molecule has 1 aromatic rings. The summed E-state index contributed by atoms with van der Waals surface area (Å²) >= 11 is 0. The number of carbonyl (C=O) groups is 1. The van der Waals surface area contributed by atoms with Crippen LogP contribution in [0.15, 0.2) is 4.63 Å². The lowest BCUT2D eigenvalue weighted by Gasteiger charge is -2.25. The van der Waals surface area contributed by atoms with E-state index in [-0.39, 0.29) is 5.91 Å². The van der Waals surface area contributed by atoms with Gasteiger partial charge in [-0.2, -0.15) is 0 Å². The highest BCUT2D eigenvalue weighted by atomic mass is 16.6. The van der Waals surface area contributed by atoms with Crippen LogP contribution in [-0.2, 0) is 0 Å². The standard InChI is InChI=1S/C9H13N3O2/c1-6-8(12-14-11-6)9(13)10-5-7-3-2-4-7/h7H,2-5H2,1H3,(H,10,13). The second-order valence-corrected chi connectivity index (χ2v) is 3.71. The van der Waals surface area contributed by atoms with E-state index >= 15 is 0 Å². The Balaban J connectivity index is 1.86. The van der Waals surface area contributed by atoms with Gasteiger partial charge in [-0.25, -0.2) is 4.63 Å². The molecule has 2 rings (SSSR count). The number of hydrogen-bond acceptors (Lipinski definition) is 4. The number of nitrogens with one attached hydrogen (secondary N) is 1. The quantitative estimate of drug-likeness (QED) is 0.778. The van der Waals surface area contributed by atoms with Crippen molar-refractivity contribution >= 4 is 5.91 Å². The number of aromatic nitrogens is 2. The third kappa shape index (κ3) is 1.76. The third-order valence-electron chi connectivity index (χ3n) is 2.64. The first-order chi connectivity index (χ1) is 6.77. The monoisotopic (exact) mass is 195 g/mol. The van der Waals surface area contributed by atoms with Gasteiger partial charge < -0.3 is 5.32 Å². The molecule has 1 saturated carbocycles. The molecule has 1 amide bonds. The molecule has 14 heavy (non-hydrogen) atoms. The van der Waals surface area contributed by atoms with E-state index in [0.29, 0.717) is 17.3 Å². The van der Waals surface area contributed by atoms with E-state index in [2.05, 4.69) is 20.3 Å². The molecule has 1 aliphatic carbocycles. The Labute approximate surface area is 81.8 Å². The van der Waals surface area contributed by atoms with Gasteiger partial charge in [0.2, 0.25) is 0 Å². The molecule has 1 aromatic heterocycles. The Hall–Kier alpha value is -1.39. The number of nitrogens with zero attached hydrogens (tertiary/aromatic N) is 2. The van der Waals surface area contributed by atoms with Crippen LogP contribution in [-0.4, -0.2) is 22.8 Å². The zero-order valence-corrected chi connectivity index (χ0v) is 8.12. The maximum atomic E-state index is 11.5. The molecule has 1 heterocycles. The minimum absolute atomic E-state index is 0.185. The van der Waals surface area contributed by atoms with Crippen LogP contribution in [0.25, 0.3) is 0 Å². The minimum atomic E-state index is -0.185. The zero-order chi connectivity index (χ0) is 9.97. The largest absolute Gasteiger partial charge is 0.350 e. The second kappa shape index (κ2) is 3.77. The maximum Gasteiger partial charge on any atom is 0.275 e. The molecule has 1 fully saturated rings. The summed E-state index contributed by atoms with van der Waals surface area (Å²) in [6, 6.07) is 0. The van der Waals surface area contributed by atoms with Crippen LogP contribution in [0.1, 0.15) is 35.4 Å². The average molecular weight is 195 g/mol. The number of hydrogen-bond donors (Lipinski definition) is 1. The normalized spacial score (nSPS) is 16.4. The minimum Gasteiger partial charge on any atom is -0.350 e. The van der Waals surface area contributed by atoms with Gasteiger partial charge in [-0.3, -0.25) is 4.79 Å². The summed E-state index contributed by atoms with van der Waals surface area (Å²) in [4.78, 5) is 11.5. The van der Waals surface area contributed by atoms with E-state index in [1.165, 1.54) is 19.3 Å². The van der Waals surface area contributed by atoms with Gasteiger partial charge in [0.25, 0.3) is 5.91 Å². The highest BCUT2D eigenvalue weighted by Gasteiger charge is 2.20. The molecule has 5 heteroatoms. The van der Waals surface area contributed by atoms with Gasteiger partial charge in [-0.05, 0) is 30.8 Å². The Kier molecular flexibility index (Phi) is 2.47. The van der Waals surface area contributed by atoms with Gasteiger partial charge in [-0.1, -0.05) is 11.6 Å². The van der Waals surface area contributed by atoms with Crippen LogP contribution in [0.2, 0.25) is 0 Å². The van der Waals surface area contributed by atoms with E-state index < -0.39 is 0 Å². The topological polar surface area (TPSA) is 68.0 Å². The van der Waals surface area contributed by atoms with Crippen LogP contribution in [0.4, 0.5) is 0 Å². The molecular formula is C9H13N3O2. The van der Waals surface area contributed by atoms with Crippen molar-refractivity contribution in [2.24, 2.45) is 5.92 Å². The fourth-order valence-electron chi connectivity index (χ4n) is 1.46. The summed E-state index contributed by atoms with van der Waals surface area (Å²) in [5.41, 5.74) is 0.834. The van der Waals surface area contributed by atoms with E-state index in [1.54, 1.807) is 6.92 Å². The molecule has 0 bridgehead atoms. The van der Waals surface area contributed by atoms with E-state index in [0.717, 1.165) is 6.54 Å². The summed E-state index contributed by atoms with van der Waals surface area (Å²) in [6.07, 6.45) is 3.72. The van der Waals surface area contributed by atoms with Gasteiger partial charge in [0, 0.05) is 6.54 Å². The third-order valence-corrected chi connectivity index (χ3v) is 2.64. The second-order valence-electron chi connectivity index (χ2n) is 3.71. The van der Waals surface area contributed by atoms with Crippen molar-refractivity contribution in [3.05, 3.63) is 11.4 Å². The van der Waals surface area contributed by atoms with Crippen molar-refractivity contribution in [1.82, 2.24) is 15.6 Å². The van der Waals surface area contributed by atoms with E-state index in [4.69, 9.17) is 0 Å². The highest BCUT2D eigenvalue weighted by Crippen LogP contribution is 2.25. The molecule has 0 saturated heterocycles. The van der Waals surface area contributed by atoms with Crippen molar-refractivity contribution in [3.63, 3.8) is 0 Å². The lowest BCUT2D eigenvalue weighted by atomic mass is 9.85. The van der Waals surface area contributed by atoms with E-state index in [9.17, 15) is 4.79 Å². The molecule has 1 N–H and O–H groups in total. The van der Waals surface area contributed by atoms with Crippen LogP contribution in [0.5, 0.6) is 0 Å². The van der Waals surface area contributed by atoms with E-state index in [1.807, 2.05) is 0 Å². The molecule has 5 nitrogen and oxygen atoms in total. The summed E-state index contributed by atoms with van der Waals surface area (Å²) in [6.45, 7) is 2.44. The van der Waals surface area contributed by atoms with Crippen molar-refractivity contribution < 1.29 is 9.42 Å². The molecule has 0 unspecified atom stereocenters. The number of rotatable bonds is 3. The number of amides is 1. The summed E-state index contributed by atoms with van der Waals surface area (Å²) in [5, 5.41) is 9.92. The molecule has 0 aromatic carbocycles. The smallest absolute Gasteiger partial charge is 0.275 e. The highest BCUT2D eigenvalue weighted by molar-refractivity contribution is 5.92. The Bertz CT molecular complexity index is 331. The molecule has 0 radical (unpaired) electrons. The zero-order valence-electron chi connectivity index (χ0n) is 8.12. The maximum absolute atomic E-state index is 11.5. The Morgan fingerprint density at radius 2 is 2.36 bits per heavy atom. The number of carbonyl (C=O) groups excluding carboxylic acids is 1. The van der Waals surface area contributed by atoms with Crippen molar-refractivity contribution in [2.75, 3.05) is 6.54 Å². The predicted molar refractivity (Wildman–Crippen MR) is 48.7 cm³/mol. The Morgan fingerprint density at radius 3 is 2.86 bits per heavy atom. The first kappa shape index (κ1) is 9.18. The summed E-state index contributed by atoms with van der Waals surface area (Å²) in [5.74, 6) is 0.467. The van der Waals surface area contributed by atoms with Gasteiger partial charge >= 0.3 is 0 Å². The molecule has 1 aliphatic rings. The fraction of sp³-hybridized carbons (Fsp3) is 0.667. The molecular weight excluding hydrogens is 182 g/mol. The van der Waals surface area contributed by atoms with Crippen molar-refractivity contribution in [2.45, 2.75) is 26.2 Å². The van der Waals surface area contributed by atoms with Crippen molar-refractivity contribution in [3.8, 4) is 0 Å². The summed E-state index contributed by atoms with van der Waals surface area (Å²) < 4.78 is 4.45. The van der Waals surface area contributed by atoms with Crippen LogP contribution in [0, 0.1) is 12.8 Å². The van der Waals surface area contributed by atoms with Crippen LogP contribution < -0.4 is 5.32 Å². The van der Waals surface area contributed by atoms with Crippen molar-refractivity contribution in [1.29, 1.82) is 0 Å². The Morgan fingerprint density at radius 1 is 1.57 bits per heavy atom. The predicted octanol–water partition coefficient (Wildman–Crippen LogP) is 0.908.